The Morgan fingerprint density at radius 3 is 1.67 bits per heavy atom. The number of carboxylic acids is 1. The number of quaternary nitrogens is 1. The highest BCUT2D eigenvalue weighted by Gasteiger charge is 1.97. The monoisotopic (exact) mass is 174 g/mol. The molecule has 5 nitrogen and oxygen atoms in total. The molecule has 0 bridgehead atoms. The van der Waals surface area contributed by atoms with Gasteiger partial charge in [0.2, 0.25) is 0 Å². The third-order valence-electron chi connectivity index (χ3n) is 1.52. The first-order chi connectivity index (χ1) is 5.64. The molecule has 1 fully saturated rings. The summed E-state index contributed by atoms with van der Waals surface area (Å²) in [5, 5.41) is 11.5. The van der Waals surface area contributed by atoms with Gasteiger partial charge in [-0.15, -0.1) is 0 Å². The van der Waals surface area contributed by atoms with Crippen LogP contribution in [0.1, 0.15) is 19.3 Å². The number of primary amides is 1. The Morgan fingerprint density at radius 2 is 1.58 bits per heavy atom. The molecule has 12 heavy (non-hydrogen) atoms. The SMILES string of the molecule is C1CC[NH2+]CC1.NC(=O)C(=O)[O-]. The number of carboxylic acid groups (broad SMARTS) is 1. The minimum atomic E-state index is -1.85. The maximum atomic E-state index is 9.26. The smallest absolute Gasteiger partial charge is 0.264 e. The van der Waals surface area contributed by atoms with Crippen molar-refractivity contribution in [1.82, 2.24) is 0 Å². The van der Waals surface area contributed by atoms with Crippen LogP contribution in [0.3, 0.4) is 0 Å². The summed E-state index contributed by atoms with van der Waals surface area (Å²) in [6, 6.07) is 0. The second-order valence-electron chi connectivity index (χ2n) is 2.58. The largest absolute Gasteiger partial charge is 0.540 e. The zero-order chi connectivity index (χ0) is 9.40. The zero-order valence-corrected chi connectivity index (χ0v) is 6.91. The molecule has 0 radical (unpaired) electrons. The van der Waals surface area contributed by atoms with Crippen molar-refractivity contribution in [3.05, 3.63) is 0 Å². The number of aliphatic carboxylic acids is 1. The third-order valence-corrected chi connectivity index (χ3v) is 1.52. The zero-order valence-electron chi connectivity index (χ0n) is 6.91. The van der Waals surface area contributed by atoms with Crippen LogP contribution in [0, 0.1) is 0 Å². The van der Waals surface area contributed by atoms with Crippen LogP contribution in [0.2, 0.25) is 0 Å². The van der Waals surface area contributed by atoms with Crippen molar-refractivity contribution in [2.75, 3.05) is 13.1 Å². The van der Waals surface area contributed by atoms with Crippen molar-refractivity contribution in [2.24, 2.45) is 5.73 Å². The van der Waals surface area contributed by atoms with Crippen molar-refractivity contribution in [2.45, 2.75) is 19.3 Å². The van der Waals surface area contributed by atoms with Crippen LogP contribution in [0.25, 0.3) is 0 Å². The minimum Gasteiger partial charge on any atom is -0.540 e. The van der Waals surface area contributed by atoms with E-state index in [1.807, 2.05) is 0 Å². The predicted molar refractivity (Wildman–Crippen MR) is 39.7 cm³/mol. The molecule has 1 amide bonds. The maximum Gasteiger partial charge on any atom is 0.264 e. The number of amides is 1. The Hall–Kier alpha value is -1.10. The van der Waals surface area contributed by atoms with Crippen molar-refractivity contribution < 1.29 is 20.0 Å². The van der Waals surface area contributed by atoms with Gasteiger partial charge in [0.1, 0.15) is 5.97 Å². The molecule has 0 atom stereocenters. The van der Waals surface area contributed by atoms with E-state index >= 15 is 0 Å². The first kappa shape index (κ1) is 10.9. The molecule has 4 N–H and O–H groups in total. The number of piperidine rings is 1. The summed E-state index contributed by atoms with van der Waals surface area (Å²) < 4.78 is 0. The molecule has 1 aliphatic rings. The van der Waals surface area contributed by atoms with Crippen molar-refractivity contribution in [3.63, 3.8) is 0 Å². The van der Waals surface area contributed by atoms with Crippen LogP contribution in [0.5, 0.6) is 0 Å². The van der Waals surface area contributed by atoms with Gasteiger partial charge in [0.25, 0.3) is 5.91 Å². The Kier molecular flexibility index (Phi) is 6.00. The lowest BCUT2D eigenvalue weighted by Crippen LogP contribution is -2.85. The molecular formula is C7H14N2O3. The maximum absolute atomic E-state index is 9.26. The molecule has 0 aromatic rings. The number of rotatable bonds is 0. The molecule has 1 heterocycles. The van der Waals surface area contributed by atoms with E-state index in [2.05, 4.69) is 11.1 Å². The average Bonchev–Trinajstić information content (AvgIpc) is 2.08. The van der Waals surface area contributed by atoms with Gasteiger partial charge in [0, 0.05) is 0 Å². The molecule has 0 spiro atoms. The van der Waals surface area contributed by atoms with Crippen molar-refractivity contribution >= 4 is 11.9 Å². The van der Waals surface area contributed by atoms with E-state index in [4.69, 9.17) is 9.90 Å². The third kappa shape index (κ3) is 7.01. The summed E-state index contributed by atoms with van der Waals surface area (Å²) in [5.41, 5.74) is 4.13. The van der Waals surface area contributed by atoms with Crippen molar-refractivity contribution in [1.29, 1.82) is 0 Å². The summed E-state index contributed by atoms with van der Waals surface area (Å²) in [7, 11) is 0. The van der Waals surface area contributed by atoms with Crippen LogP contribution in [-0.4, -0.2) is 25.0 Å². The Morgan fingerprint density at radius 1 is 1.17 bits per heavy atom. The highest BCUT2D eigenvalue weighted by Crippen LogP contribution is 1.91. The number of nitrogens with two attached hydrogens (primary N) is 2. The van der Waals surface area contributed by atoms with Crippen molar-refractivity contribution in [3.8, 4) is 0 Å². The van der Waals surface area contributed by atoms with E-state index < -0.39 is 11.9 Å². The molecule has 0 aliphatic carbocycles. The molecule has 1 aliphatic heterocycles. The van der Waals surface area contributed by atoms with E-state index in [1.54, 1.807) is 0 Å². The lowest BCUT2D eigenvalue weighted by molar-refractivity contribution is -0.662. The van der Waals surface area contributed by atoms with Gasteiger partial charge in [0.05, 0.1) is 13.1 Å². The molecule has 0 saturated carbocycles. The highest BCUT2D eigenvalue weighted by molar-refractivity contribution is 6.29. The molecule has 0 aromatic carbocycles. The second kappa shape index (κ2) is 6.60. The molecule has 0 unspecified atom stereocenters. The van der Waals surface area contributed by atoms with E-state index in [9.17, 15) is 4.79 Å². The van der Waals surface area contributed by atoms with Gasteiger partial charge in [-0.3, -0.25) is 4.79 Å². The van der Waals surface area contributed by atoms with Crippen LogP contribution < -0.4 is 16.2 Å². The van der Waals surface area contributed by atoms with Crippen LogP contribution in [-0.2, 0) is 9.59 Å². The Labute approximate surface area is 70.9 Å². The van der Waals surface area contributed by atoms with Gasteiger partial charge in [0.15, 0.2) is 0 Å². The Bertz CT molecular complexity index is 131. The van der Waals surface area contributed by atoms with Gasteiger partial charge in [-0.25, -0.2) is 0 Å². The number of hydrogen-bond acceptors (Lipinski definition) is 3. The predicted octanol–water partition coefficient (Wildman–Crippen LogP) is -3.04. The van der Waals surface area contributed by atoms with Gasteiger partial charge in [-0.1, -0.05) is 0 Å². The fraction of sp³-hybridized carbons (Fsp3) is 0.714. The molecule has 0 aromatic heterocycles. The quantitative estimate of drug-likeness (QED) is 0.382. The lowest BCUT2D eigenvalue weighted by Gasteiger charge is -2.05. The molecule has 1 saturated heterocycles. The van der Waals surface area contributed by atoms with Gasteiger partial charge in [-0.2, -0.15) is 0 Å². The van der Waals surface area contributed by atoms with E-state index in [-0.39, 0.29) is 0 Å². The standard InChI is InChI=1S/C5H11N.C2H3NO3/c1-2-4-6-5-3-1;3-1(4)2(5)6/h6H,1-5H2;(H2,3,4)(H,5,6). The fourth-order valence-corrected chi connectivity index (χ4v) is 0.898. The molecule has 5 heteroatoms. The average molecular weight is 174 g/mol. The molecular weight excluding hydrogens is 160 g/mol. The fourth-order valence-electron chi connectivity index (χ4n) is 0.898. The number of hydrogen-bond donors (Lipinski definition) is 2. The van der Waals surface area contributed by atoms with E-state index in [0.29, 0.717) is 0 Å². The summed E-state index contributed by atoms with van der Waals surface area (Å²) in [6.45, 7) is 2.75. The first-order valence-electron chi connectivity index (χ1n) is 3.97. The van der Waals surface area contributed by atoms with Crippen LogP contribution >= 0.6 is 0 Å². The summed E-state index contributed by atoms with van der Waals surface area (Å²) in [5.74, 6) is -3.29. The normalized spacial score (nSPS) is 15.7. The topological polar surface area (TPSA) is 99.8 Å². The van der Waals surface area contributed by atoms with Gasteiger partial charge >= 0.3 is 0 Å². The van der Waals surface area contributed by atoms with Crippen LogP contribution in [0.4, 0.5) is 0 Å². The summed E-state index contributed by atoms with van der Waals surface area (Å²) >= 11 is 0. The van der Waals surface area contributed by atoms with E-state index in [1.165, 1.54) is 32.4 Å². The lowest BCUT2D eigenvalue weighted by atomic mass is 10.2. The van der Waals surface area contributed by atoms with E-state index in [0.717, 1.165) is 0 Å². The molecule has 70 valence electrons. The number of carbonyl (C=O) groups is 2. The van der Waals surface area contributed by atoms with Crippen LogP contribution in [0.15, 0.2) is 0 Å². The highest BCUT2D eigenvalue weighted by atomic mass is 16.4. The van der Waals surface area contributed by atoms with Gasteiger partial charge < -0.3 is 21.0 Å². The Balaban J connectivity index is 0.000000202. The molecule has 1 rings (SSSR count). The van der Waals surface area contributed by atoms with Gasteiger partial charge in [-0.05, 0) is 19.3 Å². The minimum absolute atomic E-state index is 1.38. The first-order valence-corrected chi connectivity index (χ1v) is 3.97. The second-order valence-corrected chi connectivity index (χ2v) is 2.58. The number of carbonyl (C=O) groups excluding carboxylic acids is 2. The summed E-state index contributed by atoms with van der Waals surface area (Å²) in [6.07, 6.45) is 4.36. The summed E-state index contributed by atoms with van der Waals surface area (Å²) in [4.78, 5) is 18.4.